The number of ether oxygens (including phenoxy) is 1. The highest BCUT2D eigenvalue weighted by Crippen LogP contribution is 2.09. The van der Waals surface area contributed by atoms with Crippen molar-refractivity contribution in [1.29, 1.82) is 0 Å². The molecular formula is C7H9IN2O. The van der Waals surface area contributed by atoms with Gasteiger partial charge >= 0.3 is 0 Å². The van der Waals surface area contributed by atoms with Crippen LogP contribution in [0.25, 0.3) is 0 Å². The Labute approximate surface area is 79.1 Å². The van der Waals surface area contributed by atoms with E-state index in [9.17, 15) is 0 Å². The Hall–Kier alpha value is -0.360. The number of nitrogens with two attached hydrogens (primary N) is 1. The molecule has 0 aliphatic heterocycles. The van der Waals surface area contributed by atoms with Gasteiger partial charge in [-0.3, -0.25) is 0 Å². The third-order valence-electron chi connectivity index (χ3n) is 1.09. The van der Waals surface area contributed by atoms with Gasteiger partial charge in [0.05, 0.1) is 6.20 Å². The van der Waals surface area contributed by atoms with Crippen LogP contribution in [0.15, 0.2) is 18.3 Å². The average Bonchev–Trinajstić information content (AvgIpc) is 2.04. The van der Waals surface area contributed by atoms with Gasteiger partial charge < -0.3 is 10.5 Å². The molecule has 0 radical (unpaired) electrons. The zero-order chi connectivity index (χ0) is 8.10. The maximum Gasteiger partial charge on any atom is 0.137 e. The predicted octanol–water partition coefficient (Wildman–Crippen LogP) is 1.02. The van der Waals surface area contributed by atoms with Gasteiger partial charge in [-0.05, 0) is 34.7 Å². The SMILES string of the molecule is NCCOc1ccc(I)nc1. The lowest BCUT2D eigenvalue weighted by atomic mass is 10.5. The third kappa shape index (κ3) is 3.02. The van der Waals surface area contributed by atoms with Gasteiger partial charge in [0.2, 0.25) is 0 Å². The number of rotatable bonds is 3. The Morgan fingerprint density at radius 2 is 2.36 bits per heavy atom. The van der Waals surface area contributed by atoms with Crippen LogP contribution < -0.4 is 10.5 Å². The molecule has 1 heterocycles. The van der Waals surface area contributed by atoms with Gasteiger partial charge in [-0.25, -0.2) is 4.98 Å². The van der Waals surface area contributed by atoms with Crippen molar-refractivity contribution in [3.05, 3.63) is 22.0 Å². The van der Waals surface area contributed by atoms with Crippen LogP contribution in [0.1, 0.15) is 0 Å². The van der Waals surface area contributed by atoms with E-state index in [0.29, 0.717) is 13.2 Å². The number of halogens is 1. The van der Waals surface area contributed by atoms with Crippen molar-refractivity contribution in [2.75, 3.05) is 13.2 Å². The van der Waals surface area contributed by atoms with E-state index in [2.05, 4.69) is 27.6 Å². The topological polar surface area (TPSA) is 48.1 Å². The normalized spacial score (nSPS) is 9.64. The van der Waals surface area contributed by atoms with Crippen molar-refractivity contribution in [3.8, 4) is 5.75 Å². The van der Waals surface area contributed by atoms with Gasteiger partial charge in [0.15, 0.2) is 0 Å². The van der Waals surface area contributed by atoms with Gasteiger partial charge in [0.25, 0.3) is 0 Å². The molecule has 4 heteroatoms. The van der Waals surface area contributed by atoms with Crippen LogP contribution in [0, 0.1) is 3.70 Å². The van der Waals surface area contributed by atoms with Crippen LogP contribution in [-0.2, 0) is 0 Å². The van der Waals surface area contributed by atoms with E-state index in [-0.39, 0.29) is 0 Å². The van der Waals surface area contributed by atoms with Gasteiger partial charge in [0.1, 0.15) is 16.1 Å². The highest BCUT2D eigenvalue weighted by atomic mass is 127. The smallest absolute Gasteiger partial charge is 0.137 e. The average molecular weight is 264 g/mol. The monoisotopic (exact) mass is 264 g/mol. The van der Waals surface area contributed by atoms with E-state index in [0.717, 1.165) is 9.45 Å². The molecule has 0 atom stereocenters. The summed E-state index contributed by atoms with van der Waals surface area (Å²) in [6.07, 6.45) is 1.69. The molecule has 0 saturated carbocycles. The predicted molar refractivity (Wildman–Crippen MR) is 51.5 cm³/mol. The Morgan fingerprint density at radius 1 is 1.55 bits per heavy atom. The first-order chi connectivity index (χ1) is 5.33. The largest absolute Gasteiger partial charge is 0.491 e. The number of nitrogens with zero attached hydrogens (tertiary/aromatic N) is 1. The third-order valence-corrected chi connectivity index (χ3v) is 1.72. The molecule has 0 spiro atoms. The van der Waals surface area contributed by atoms with Crippen molar-refractivity contribution in [1.82, 2.24) is 4.98 Å². The molecule has 0 aromatic carbocycles. The second kappa shape index (κ2) is 4.50. The molecule has 1 aromatic rings. The summed E-state index contributed by atoms with van der Waals surface area (Å²) in [5.41, 5.74) is 5.26. The molecule has 3 nitrogen and oxygen atoms in total. The highest BCUT2D eigenvalue weighted by molar-refractivity contribution is 14.1. The first-order valence-electron chi connectivity index (χ1n) is 3.27. The fraction of sp³-hybridized carbons (Fsp3) is 0.286. The standard InChI is InChI=1S/C7H9IN2O/c8-7-2-1-6(5-10-7)11-4-3-9/h1-2,5H,3-4,9H2. The zero-order valence-corrected chi connectivity index (χ0v) is 8.11. The lowest BCUT2D eigenvalue weighted by molar-refractivity contribution is 0.327. The molecule has 0 saturated heterocycles. The number of aromatic nitrogens is 1. The van der Waals surface area contributed by atoms with Crippen molar-refractivity contribution in [2.45, 2.75) is 0 Å². The molecule has 0 aliphatic carbocycles. The van der Waals surface area contributed by atoms with E-state index in [1.165, 1.54) is 0 Å². The maximum absolute atomic E-state index is 5.26. The van der Waals surface area contributed by atoms with E-state index in [1.807, 2.05) is 12.1 Å². The highest BCUT2D eigenvalue weighted by Gasteiger charge is 1.91. The first-order valence-corrected chi connectivity index (χ1v) is 4.35. The van der Waals surface area contributed by atoms with E-state index in [1.54, 1.807) is 6.20 Å². The summed E-state index contributed by atoms with van der Waals surface area (Å²) < 4.78 is 6.18. The fourth-order valence-corrected chi connectivity index (χ4v) is 0.943. The number of hydrogen-bond donors (Lipinski definition) is 1. The van der Waals surface area contributed by atoms with Crippen molar-refractivity contribution in [3.63, 3.8) is 0 Å². The first kappa shape index (κ1) is 8.73. The van der Waals surface area contributed by atoms with E-state index >= 15 is 0 Å². The van der Waals surface area contributed by atoms with Crippen LogP contribution in [0.5, 0.6) is 5.75 Å². The number of hydrogen-bond acceptors (Lipinski definition) is 3. The lowest BCUT2D eigenvalue weighted by Gasteiger charge is -2.02. The molecule has 0 bridgehead atoms. The van der Waals surface area contributed by atoms with Crippen LogP contribution in [0.4, 0.5) is 0 Å². The molecule has 0 amide bonds. The van der Waals surface area contributed by atoms with Gasteiger partial charge in [-0.2, -0.15) is 0 Å². The summed E-state index contributed by atoms with van der Waals surface area (Å²) >= 11 is 2.14. The molecule has 0 fully saturated rings. The van der Waals surface area contributed by atoms with Crippen molar-refractivity contribution >= 4 is 22.6 Å². The van der Waals surface area contributed by atoms with E-state index in [4.69, 9.17) is 10.5 Å². The second-order valence-corrected chi connectivity index (χ2v) is 3.06. The van der Waals surface area contributed by atoms with Crippen LogP contribution in [-0.4, -0.2) is 18.1 Å². The molecule has 1 aromatic heterocycles. The molecule has 60 valence electrons. The summed E-state index contributed by atoms with van der Waals surface area (Å²) in [7, 11) is 0. The summed E-state index contributed by atoms with van der Waals surface area (Å²) in [4.78, 5) is 4.05. The zero-order valence-electron chi connectivity index (χ0n) is 5.96. The second-order valence-electron chi connectivity index (χ2n) is 1.95. The minimum absolute atomic E-state index is 0.534. The van der Waals surface area contributed by atoms with Crippen molar-refractivity contribution in [2.24, 2.45) is 5.73 Å². The van der Waals surface area contributed by atoms with Gasteiger partial charge in [0, 0.05) is 6.54 Å². The fourth-order valence-electron chi connectivity index (χ4n) is 0.624. The molecular weight excluding hydrogens is 255 g/mol. The lowest BCUT2D eigenvalue weighted by Crippen LogP contribution is -2.10. The molecule has 0 aliphatic rings. The summed E-state index contributed by atoms with van der Waals surface area (Å²) in [5.74, 6) is 0.774. The Kier molecular flexibility index (Phi) is 3.58. The van der Waals surface area contributed by atoms with Gasteiger partial charge in [-0.15, -0.1) is 0 Å². The minimum atomic E-state index is 0.534. The number of pyridine rings is 1. The maximum atomic E-state index is 5.26. The summed E-state index contributed by atoms with van der Waals surface area (Å²) in [5, 5.41) is 0. The summed E-state index contributed by atoms with van der Waals surface area (Å²) in [6.45, 7) is 1.08. The van der Waals surface area contributed by atoms with Crippen LogP contribution in [0.3, 0.4) is 0 Å². The molecule has 0 unspecified atom stereocenters. The minimum Gasteiger partial charge on any atom is -0.491 e. The Balaban J connectivity index is 2.52. The Morgan fingerprint density at radius 3 is 2.91 bits per heavy atom. The van der Waals surface area contributed by atoms with E-state index < -0.39 is 0 Å². The van der Waals surface area contributed by atoms with Crippen molar-refractivity contribution < 1.29 is 4.74 Å². The molecule has 11 heavy (non-hydrogen) atoms. The molecule has 1 rings (SSSR count). The quantitative estimate of drug-likeness (QED) is 0.655. The van der Waals surface area contributed by atoms with Crippen LogP contribution in [0.2, 0.25) is 0 Å². The van der Waals surface area contributed by atoms with Crippen LogP contribution >= 0.6 is 22.6 Å². The summed E-state index contributed by atoms with van der Waals surface area (Å²) in [6, 6.07) is 3.77. The Bertz CT molecular complexity index is 212. The molecule has 2 N–H and O–H groups in total. The van der Waals surface area contributed by atoms with Gasteiger partial charge in [-0.1, -0.05) is 0 Å².